The van der Waals surface area contributed by atoms with Crippen LogP contribution in [-0.4, -0.2) is 25.1 Å². The maximum Gasteiger partial charge on any atom is 0.261 e. The van der Waals surface area contributed by atoms with E-state index in [0.29, 0.717) is 6.54 Å². The SMILES string of the molecule is Cc1cccc(O[C@H](C)C(=O)NCc2ccc(N3CCCC3)cc2)c1. The number of carbonyl (C=O) groups excluding carboxylic acids is 1. The fourth-order valence-corrected chi connectivity index (χ4v) is 3.08. The number of nitrogens with zero attached hydrogens (tertiary/aromatic N) is 1. The number of aryl methyl sites for hydroxylation is 1. The summed E-state index contributed by atoms with van der Waals surface area (Å²) >= 11 is 0. The molecule has 3 rings (SSSR count). The summed E-state index contributed by atoms with van der Waals surface area (Å²) in [5.74, 6) is 0.614. The van der Waals surface area contributed by atoms with Crippen LogP contribution in [0.2, 0.25) is 0 Å². The minimum atomic E-state index is -0.523. The van der Waals surface area contributed by atoms with Gasteiger partial charge in [-0.05, 0) is 62.1 Å². The summed E-state index contributed by atoms with van der Waals surface area (Å²) in [6.07, 6.45) is 2.03. The van der Waals surface area contributed by atoms with Gasteiger partial charge in [-0.3, -0.25) is 4.79 Å². The van der Waals surface area contributed by atoms with Gasteiger partial charge >= 0.3 is 0 Å². The molecule has 1 amide bonds. The number of carbonyl (C=O) groups is 1. The Kier molecular flexibility index (Phi) is 5.59. The molecule has 1 fully saturated rings. The highest BCUT2D eigenvalue weighted by Gasteiger charge is 2.15. The fourth-order valence-electron chi connectivity index (χ4n) is 3.08. The van der Waals surface area contributed by atoms with Crippen molar-refractivity contribution in [2.45, 2.75) is 39.3 Å². The van der Waals surface area contributed by atoms with Gasteiger partial charge in [0.25, 0.3) is 5.91 Å². The van der Waals surface area contributed by atoms with Crippen molar-refractivity contribution in [3.05, 3.63) is 59.7 Å². The standard InChI is InChI=1S/C21H26N2O2/c1-16-6-5-7-20(14-16)25-17(2)21(24)22-15-18-8-10-19(11-9-18)23-12-3-4-13-23/h5-11,14,17H,3-4,12-13,15H2,1-2H3,(H,22,24)/t17-/m1/s1. The van der Waals surface area contributed by atoms with Crippen LogP contribution in [0.15, 0.2) is 48.5 Å². The maximum atomic E-state index is 12.2. The first-order chi connectivity index (χ1) is 12.1. The molecule has 2 aromatic carbocycles. The Morgan fingerprint density at radius 3 is 2.56 bits per heavy atom. The lowest BCUT2D eigenvalue weighted by Crippen LogP contribution is -2.35. The zero-order valence-electron chi connectivity index (χ0n) is 15.0. The lowest BCUT2D eigenvalue weighted by Gasteiger charge is -2.18. The van der Waals surface area contributed by atoms with E-state index in [1.54, 1.807) is 6.92 Å². The fraction of sp³-hybridized carbons (Fsp3) is 0.381. The van der Waals surface area contributed by atoms with Gasteiger partial charge in [0.1, 0.15) is 5.75 Å². The van der Waals surface area contributed by atoms with Crippen molar-refractivity contribution in [1.82, 2.24) is 5.32 Å². The molecule has 0 saturated carbocycles. The third-order valence-electron chi connectivity index (χ3n) is 4.55. The molecule has 25 heavy (non-hydrogen) atoms. The van der Waals surface area contributed by atoms with E-state index in [1.165, 1.54) is 18.5 Å². The smallest absolute Gasteiger partial charge is 0.261 e. The molecule has 0 radical (unpaired) electrons. The van der Waals surface area contributed by atoms with Crippen LogP contribution in [0.4, 0.5) is 5.69 Å². The van der Waals surface area contributed by atoms with E-state index in [0.717, 1.165) is 30.0 Å². The average Bonchev–Trinajstić information content (AvgIpc) is 3.14. The van der Waals surface area contributed by atoms with Crippen LogP contribution in [-0.2, 0) is 11.3 Å². The van der Waals surface area contributed by atoms with Gasteiger partial charge in [0.15, 0.2) is 6.10 Å². The third kappa shape index (κ3) is 4.75. The van der Waals surface area contributed by atoms with Crippen molar-refractivity contribution < 1.29 is 9.53 Å². The summed E-state index contributed by atoms with van der Waals surface area (Å²) in [4.78, 5) is 14.6. The molecule has 1 N–H and O–H groups in total. The van der Waals surface area contributed by atoms with Crippen LogP contribution in [0, 0.1) is 6.92 Å². The number of anilines is 1. The summed E-state index contributed by atoms with van der Waals surface area (Å²) < 4.78 is 5.71. The van der Waals surface area contributed by atoms with E-state index >= 15 is 0 Å². The van der Waals surface area contributed by atoms with Gasteiger partial charge in [-0.15, -0.1) is 0 Å². The van der Waals surface area contributed by atoms with Gasteiger partial charge < -0.3 is 15.0 Å². The molecule has 0 bridgehead atoms. The largest absolute Gasteiger partial charge is 0.481 e. The Morgan fingerprint density at radius 1 is 1.16 bits per heavy atom. The van der Waals surface area contributed by atoms with Crippen LogP contribution < -0.4 is 15.0 Å². The predicted octanol–water partition coefficient (Wildman–Crippen LogP) is 3.68. The molecule has 2 aromatic rings. The molecule has 0 unspecified atom stereocenters. The second-order valence-corrected chi connectivity index (χ2v) is 6.65. The summed E-state index contributed by atoms with van der Waals surface area (Å²) in [6, 6.07) is 16.2. The number of hydrogen-bond acceptors (Lipinski definition) is 3. The van der Waals surface area contributed by atoms with Crippen molar-refractivity contribution in [3.63, 3.8) is 0 Å². The highest BCUT2D eigenvalue weighted by atomic mass is 16.5. The highest BCUT2D eigenvalue weighted by molar-refractivity contribution is 5.80. The Labute approximate surface area is 149 Å². The first kappa shape index (κ1) is 17.3. The maximum absolute atomic E-state index is 12.2. The Hall–Kier alpha value is -2.49. The normalized spacial score (nSPS) is 15.0. The van der Waals surface area contributed by atoms with E-state index < -0.39 is 6.10 Å². The van der Waals surface area contributed by atoms with E-state index in [4.69, 9.17) is 4.74 Å². The molecule has 1 saturated heterocycles. The minimum absolute atomic E-state index is 0.106. The van der Waals surface area contributed by atoms with Crippen molar-refractivity contribution in [3.8, 4) is 5.75 Å². The number of benzene rings is 2. The molecule has 1 heterocycles. The predicted molar refractivity (Wildman–Crippen MR) is 101 cm³/mol. The van der Waals surface area contributed by atoms with Crippen molar-refractivity contribution in [1.29, 1.82) is 0 Å². The molecule has 0 aromatic heterocycles. The molecular weight excluding hydrogens is 312 g/mol. The molecule has 4 heteroatoms. The van der Waals surface area contributed by atoms with Crippen LogP contribution in [0.3, 0.4) is 0 Å². The van der Waals surface area contributed by atoms with Crippen LogP contribution in [0.5, 0.6) is 5.75 Å². The van der Waals surface area contributed by atoms with E-state index in [1.807, 2.05) is 31.2 Å². The number of hydrogen-bond donors (Lipinski definition) is 1. The number of ether oxygens (including phenoxy) is 1. The van der Waals surface area contributed by atoms with Gasteiger partial charge in [0.2, 0.25) is 0 Å². The molecule has 132 valence electrons. The van der Waals surface area contributed by atoms with E-state index in [9.17, 15) is 4.79 Å². The number of nitrogens with one attached hydrogen (secondary N) is 1. The molecule has 0 aliphatic carbocycles. The second kappa shape index (κ2) is 8.06. The monoisotopic (exact) mass is 338 g/mol. The zero-order chi connectivity index (χ0) is 17.6. The topological polar surface area (TPSA) is 41.6 Å². The van der Waals surface area contributed by atoms with Gasteiger partial charge in [-0.25, -0.2) is 0 Å². The van der Waals surface area contributed by atoms with Crippen LogP contribution in [0.25, 0.3) is 0 Å². The van der Waals surface area contributed by atoms with Crippen LogP contribution in [0.1, 0.15) is 30.9 Å². The van der Waals surface area contributed by atoms with Gasteiger partial charge in [0, 0.05) is 25.3 Å². The van der Waals surface area contributed by atoms with Crippen molar-refractivity contribution in [2.24, 2.45) is 0 Å². The first-order valence-corrected chi connectivity index (χ1v) is 8.97. The second-order valence-electron chi connectivity index (χ2n) is 6.65. The Morgan fingerprint density at radius 2 is 1.88 bits per heavy atom. The van der Waals surface area contributed by atoms with E-state index in [-0.39, 0.29) is 5.91 Å². The first-order valence-electron chi connectivity index (χ1n) is 8.97. The third-order valence-corrected chi connectivity index (χ3v) is 4.55. The Balaban J connectivity index is 1.49. The number of rotatable bonds is 6. The number of amides is 1. The highest BCUT2D eigenvalue weighted by Crippen LogP contribution is 2.20. The Bertz CT molecular complexity index is 706. The quantitative estimate of drug-likeness (QED) is 0.873. The molecular formula is C21H26N2O2. The lowest BCUT2D eigenvalue weighted by atomic mass is 10.2. The summed E-state index contributed by atoms with van der Waals surface area (Å²) in [6.45, 7) is 6.58. The van der Waals surface area contributed by atoms with Gasteiger partial charge in [0.05, 0.1) is 0 Å². The molecule has 4 nitrogen and oxygen atoms in total. The summed E-state index contributed by atoms with van der Waals surface area (Å²) in [7, 11) is 0. The van der Waals surface area contributed by atoms with Crippen molar-refractivity contribution in [2.75, 3.05) is 18.0 Å². The minimum Gasteiger partial charge on any atom is -0.481 e. The van der Waals surface area contributed by atoms with Crippen LogP contribution >= 0.6 is 0 Å². The lowest BCUT2D eigenvalue weighted by molar-refractivity contribution is -0.127. The summed E-state index contributed by atoms with van der Waals surface area (Å²) in [5.41, 5.74) is 3.48. The zero-order valence-corrected chi connectivity index (χ0v) is 15.0. The van der Waals surface area contributed by atoms with Gasteiger partial charge in [-0.1, -0.05) is 24.3 Å². The molecule has 1 atom stereocenters. The average molecular weight is 338 g/mol. The molecule has 0 spiro atoms. The molecule has 1 aliphatic heterocycles. The molecule has 1 aliphatic rings. The van der Waals surface area contributed by atoms with E-state index in [2.05, 4.69) is 34.5 Å². The van der Waals surface area contributed by atoms with Gasteiger partial charge in [-0.2, -0.15) is 0 Å². The summed E-state index contributed by atoms with van der Waals surface area (Å²) in [5, 5.41) is 2.95. The van der Waals surface area contributed by atoms with Crippen molar-refractivity contribution >= 4 is 11.6 Å².